The molecule has 0 unspecified atom stereocenters. The Morgan fingerprint density at radius 1 is 1.24 bits per heavy atom. The second-order valence-electron chi connectivity index (χ2n) is 6.19. The summed E-state index contributed by atoms with van der Waals surface area (Å²) in [7, 11) is 1.62. The first-order valence-electron chi connectivity index (χ1n) is 9.11. The first-order valence-corrected chi connectivity index (χ1v) is 9.99. The lowest BCUT2D eigenvalue weighted by Gasteiger charge is -2.13. The molecule has 0 saturated heterocycles. The molecule has 0 saturated carbocycles. The number of ether oxygens (including phenoxy) is 1. The SMILES string of the molecule is CCn1c(S[C@H](C)C(=O)Nc2ccccc2C#N)nnc1-c1ccc(OC)cc1. The van der Waals surface area contributed by atoms with Gasteiger partial charge in [0.25, 0.3) is 0 Å². The minimum atomic E-state index is -0.417. The zero-order chi connectivity index (χ0) is 20.8. The quantitative estimate of drug-likeness (QED) is 0.596. The number of anilines is 1. The third-order valence-electron chi connectivity index (χ3n) is 4.34. The number of hydrogen-bond donors (Lipinski definition) is 1. The largest absolute Gasteiger partial charge is 0.497 e. The average Bonchev–Trinajstić information content (AvgIpc) is 3.16. The second kappa shape index (κ2) is 9.26. The minimum Gasteiger partial charge on any atom is -0.497 e. The predicted octanol–water partition coefficient (Wildman–Crippen LogP) is 3.96. The van der Waals surface area contributed by atoms with E-state index in [9.17, 15) is 10.1 Å². The highest BCUT2D eigenvalue weighted by Gasteiger charge is 2.21. The lowest BCUT2D eigenvalue weighted by atomic mass is 10.2. The van der Waals surface area contributed by atoms with E-state index in [1.807, 2.05) is 35.8 Å². The standard InChI is InChI=1S/C21H21N5O2S/c1-4-26-19(15-9-11-17(28-3)12-10-15)24-25-21(26)29-14(2)20(27)23-18-8-6-5-7-16(18)13-22/h5-12,14H,4H2,1-3H3,(H,23,27)/t14-/m1/s1. The van der Waals surface area contributed by atoms with Gasteiger partial charge in [-0.2, -0.15) is 5.26 Å². The number of hydrogen-bond acceptors (Lipinski definition) is 6. The maximum atomic E-state index is 12.6. The highest BCUT2D eigenvalue weighted by molar-refractivity contribution is 8.00. The molecular weight excluding hydrogens is 386 g/mol. The molecule has 2 aromatic carbocycles. The van der Waals surface area contributed by atoms with Crippen molar-refractivity contribution in [3.05, 3.63) is 54.1 Å². The van der Waals surface area contributed by atoms with E-state index < -0.39 is 5.25 Å². The number of rotatable bonds is 7. The van der Waals surface area contributed by atoms with Gasteiger partial charge in [-0.3, -0.25) is 4.79 Å². The van der Waals surface area contributed by atoms with Crippen LogP contribution in [0.4, 0.5) is 5.69 Å². The lowest BCUT2D eigenvalue weighted by Crippen LogP contribution is -2.23. The van der Waals surface area contributed by atoms with Crippen LogP contribution in [0.25, 0.3) is 11.4 Å². The number of methoxy groups -OCH3 is 1. The van der Waals surface area contributed by atoms with Crippen LogP contribution in [0.15, 0.2) is 53.7 Å². The molecule has 3 rings (SSSR count). The summed E-state index contributed by atoms with van der Waals surface area (Å²) in [5.41, 5.74) is 1.85. The fraction of sp³-hybridized carbons (Fsp3) is 0.238. The topological polar surface area (TPSA) is 92.8 Å². The number of carbonyl (C=O) groups excluding carboxylic acids is 1. The van der Waals surface area contributed by atoms with Crippen molar-refractivity contribution in [2.75, 3.05) is 12.4 Å². The van der Waals surface area contributed by atoms with E-state index in [1.54, 1.807) is 38.3 Å². The molecule has 3 aromatic rings. The van der Waals surface area contributed by atoms with Gasteiger partial charge in [0.05, 0.1) is 23.6 Å². The summed E-state index contributed by atoms with van der Waals surface area (Å²) < 4.78 is 7.17. The number of nitrogens with zero attached hydrogens (tertiary/aromatic N) is 4. The number of para-hydroxylation sites is 1. The second-order valence-corrected chi connectivity index (χ2v) is 7.49. The molecular formula is C21H21N5O2S. The number of benzene rings is 2. The van der Waals surface area contributed by atoms with E-state index in [-0.39, 0.29) is 5.91 Å². The van der Waals surface area contributed by atoms with Gasteiger partial charge in [0.2, 0.25) is 5.91 Å². The third kappa shape index (κ3) is 4.58. The van der Waals surface area contributed by atoms with Gasteiger partial charge in [-0.05, 0) is 50.2 Å². The molecule has 8 heteroatoms. The van der Waals surface area contributed by atoms with Crippen molar-refractivity contribution in [2.45, 2.75) is 30.8 Å². The van der Waals surface area contributed by atoms with Crippen molar-refractivity contribution >= 4 is 23.4 Å². The normalized spacial score (nSPS) is 11.5. The number of aromatic nitrogens is 3. The first-order chi connectivity index (χ1) is 14.1. The van der Waals surface area contributed by atoms with Gasteiger partial charge in [0.1, 0.15) is 11.8 Å². The summed E-state index contributed by atoms with van der Waals surface area (Å²) in [6.45, 7) is 4.48. The Kier molecular flexibility index (Phi) is 6.52. The summed E-state index contributed by atoms with van der Waals surface area (Å²) in [5.74, 6) is 1.31. The van der Waals surface area contributed by atoms with Gasteiger partial charge < -0.3 is 14.6 Å². The molecule has 0 aliphatic heterocycles. The van der Waals surface area contributed by atoms with Crippen LogP contribution in [0.5, 0.6) is 5.75 Å². The highest BCUT2D eigenvalue weighted by Crippen LogP contribution is 2.28. The number of nitrogens with one attached hydrogen (secondary N) is 1. The van der Waals surface area contributed by atoms with Crippen LogP contribution < -0.4 is 10.1 Å². The summed E-state index contributed by atoms with van der Waals surface area (Å²) in [4.78, 5) is 12.6. The van der Waals surface area contributed by atoms with Crippen LogP contribution in [0.2, 0.25) is 0 Å². The van der Waals surface area contributed by atoms with Crippen molar-refractivity contribution in [1.82, 2.24) is 14.8 Å². The molecule has 148 valence electrons. The Bertz CT molecular complexity index is 1040. The van der Waals surface area contributed by atoms with Crippen LogP contribution in [0.3, 0.4) is 0 Å². The summed E-state index contributed by atoms with van der Waals surface area (Å²) in [6.07, 6.45) is 0. The van der Waals surface area contributed by atoms with Crippen LogP contribution >= 0.6 is 11.8 Å². The molecule has 1 atom stereocenters. The maximum absolute atomic E-state index is 12.6. The first kappa shape index (κ1) is 20.4. The smallest absolute Gasteiger partial charge is 0.237 e. The number of amides is 1. The van der Waals surface area contributed by atoms with Crippen LogP contribution in [-0.4, -0.2) is 33.0 Å². The molecule has 1 N–H and O–H groups in total. The van der Waals surface area contributed by atoms with E-state index in [0.717, 1.165) is 17.1 Å². The molecule has 0 aliphatic rings. The van der Waals surface area contributed by atoms with Crippen molar-refractivity contribution in [2.24, 2.45) is 0 Å². The number of thioether (sulfide) groups is 1. The Balaban J connectivity index is 1.76. The van der Waals surface area contributed by atoms with Gasteiger partial charge >= 0.3 is 0 Å². The summed E-state index contributed by atoms with van der Waals surface area (Å²) in [6, 6.07) is 16.6. The van der Waals surface area contributed by atoms with Gasteiger partial charge in [-0.25, -0.2) is 0 Å². The predicted molar refractivity (Wildman–Crippen MR) is 113 cm³/mol. The minimum absolute atomic E-state index is 0.200. The van der Waals surface area contributed by atoms with E-state index in [0.29, 0.717) is 23.0 Å². The van der Waals surface area contributed by atoms with Gasteiger partial charge in [-0.15, -0.1) is 10.2 Å². The Hall–Kier alpha value is -3.31. The zero-order valence-electron chi connectivity index (χ0n) is 16.4. The van der Waals surface area contributed by atoms with Crippen molar-refractivity contribution in [3.63, 3.8) is 0 Å². The van der Waals surface area contributed by atoms with Gasteiger partial charge in [-0.1, -0.05) is 23.9 Å². The molecule has 0 spiro atoms. The highest BCUT2D eigenvalue weighted by atomic mass is 32.2. The summed E-state index contributed by atoms with van der Waals surface area (Å²) in [5, 5.41) is 20.8. The fourth-order valence-electron chi connectivity index (χ4n) is 2.75. The van der Waals surface area contributed by atoms with Gasteiger partial charge in [0.15, 0.2) is 11.0 Å². The molecule has 29 heavy (non-hydrogen) atoms. The average molecular weight is 407 g/mol. The number of carbonyl (C=O) groups is 1. The number of nitriles is 1. The fourth-order valence-corrected chi connectivity index (χ4v) is 3.66. The zero-order valence-corrected chi connectivity index (χ0v) is 17.2. The van der Waals surface area contributed by atoms with E-state index in [4.69, 9.17) is 4.74 Å². The van der Waals surface area contributed by atoms with Crippen molar-refractivity contribution in [3.8, 4) is 23.2 Å². The van der Waals surface area contributed by atoms with Gasteiger partial charge in [0, 0.05) is 12.1 Å². The van der Waals surface area contributed by atoms with E-state index in [2.05, 4.69) is 21.6 Å². The van der Waals surface area contributed by atoms with E-state index >= 15 is 0 Å². The monoisotopic (exact) mass is 407 g/mol. The summed E-state index contributed by atoms with van der Waals surface area (Å²) >= 11 is 1.33. The van der Waals surface area contributed by atoms with Crippen LogP contribution in [0, 0.1) is 11.3 Å². The van der Waals surface area contributed by atoms with Crippen LogP contribution in [0.1, 0.15) is 19.4 Å². The molecule has 7 nitrogen and oxygen atoms in total. The molecule has 1 heterocycles. The lowest BCUT2D eigenvalue weighted by molar-refractivity contribution is -0.115. The Morgan fingerprint density at radius 2 is 1.97 bits per heavy atom. The molecule has 0 radical (unpaired) electrons. The maximum Gasteiger partial charge on any atom is 0.237 e. The molecule has 1 amide bonds. The molecule has 0 fully saturated rings. The molecule has 0 aliphatic carbocycles. The third-order valence-corrected chi connectivity index (χ3v) is 5.42. The Morgan fingerprint density at radius 3 is 2.62 bits per heavy atom. The van der Waals surface area contributed by atoms with E-state index in [1.165, 1.54) is 11.8 Å². The molecule has 1 aromatic heterocycles. The van der Waals surface area contributed by atoms with Crippen LogP contribution in [-0.2, 0) is 11.3 Å². The van der Waals surface area contributed by atoms with Crippen molar-refractivity contribution < 1.29 is 9.53 Å². The van der Waals surface area contributed by atoms with Crippen molar-refractivity contribution in [1.29, 1.82) is 5.26 Å². The Labute approximate surface area is 173 Å². The molecule has 0 bridgehead atoms.